The van der Waals surface area contributed by atoms with Crippen LogP contribution in [0.4, 0.5) is 8.78 Å². The van der Waals surface area contributed by atoms with E-state index in [1.165, 1.54) is 62.8 Å². The summed E-state index contributed by atoms with van der Waals surface area (Å²) in [5.74, 6) is -1.85. The number of aryl methyl sites for hydroxylation is 1. The molecule has 5 heteroatoms. The second-order valence-corrected chi connectivity index (χ2v) is 7.64. The molecular formula is C24H32F2O3. The third-order valence-electron chi connectivity index (χ3n) is 5.41. The van der Waals surface area contributed by atoms with Gasteiger partial charge in [-0.25, -0.2) is 0 Å². The highest BCUT2D eigenvalue weighted by molar-refractivity contribution is 5.75. The van der Waals surface area contributed by atoms with Gasteiger partial charge in [-0.15, -0.1) is 0 Å². The number of carboxylic acids is 1. The zero-order chi connectivity index (χ0) is 21.1. The van der Waals surface area contributed by atoms with Gasteiger partial charge in [0.1, 0.15) is 5.60 Å². The smallest absolute Gasteiger partial charge is 0.346 e. The number of carbonyl (C=O) groups is 1. The van der Waals surface area contributed by atoms with Gasteiger partial charge in [0.25, 0.3) is 0 Å². The molecule has 0 saturated heterocycles. The SMILES string of the molecule is CCCCCCCCCCc1ccccc1C1(OC(F)F)C=CC(C(=O)O)C=C1. The average molecular weight is 407 g/mol. The monoisotopic (exact) mass is 406 g/mol. The van der Waals surface area contributed by atoms with Gasteiger partial charge in [-0.3, -0.25) is 4.79 Å². The van der Waals surface area contributed by atoms with Crippen LogP contribution in [-0.4, -0.2) is 17.7 Å². The normalized spacial score (nSPS) is 21.0. The Bertz CT molecular complexity index is 683. The van der Waals surface area contributed by atoms with Crippen molar-refractivity contribution in [1.29, 1.82) is 0 Å². The van der Waals surface area contributed by atoms with Crippen molar-refractivity contribution in [2.45, 2.75) is 76.9 Å². The van der Waals surface area contributed by atoms with Gasteiger partial charge in [0.05, 0.1) is 5.92 Å². The van der Waals surface area contributed by atoms with E-state index in [4.69, 9.17) is 9.84 Å². The second-order valence-electron chi connectivity index (χ2n) is 7.64. The first kappa shape index (κ1) is 23.3. The van der Waals surface area contributed by atoms with E-state index in [1.807, 2.05) is 12.1 Å². The van der Waals surface area contributed by atoms with E-state index in [1.54, 1.807) is 12.1 Å². The van der Waals surface area contributed by atoms with Crippen molar-refractivity contribution in [3.05, 3.63) is 59.7 Å². The zero-order valence-electron chi connectivity index (χ0n) is 17.2. The lowest BCUT2D eigenvalue weighted by atomic mass is 9.83. The Labute approximate surface area is 172 Å². The maximum Gasteiger partial charge on any atom is 0.346 e. The standard InChI is InChI=1S/C24H32F2O3/c1-2-3-4-5-6-7-8-9-12-19-13-10-11-14-21(19)24(29-23(25)26)17-15-20(16-18-24)22(27)28/h10-11,13-18,20,23H,2-9,12H2,1H3,(H,27,28). The number of hydrogen-bond donors (Lipinski definition) is 1. The predicted molar refractivity (Wildman–Crippen MR) is 111 cm³/mol. The number of ether oxygens (including phenoxy) is 1. The molecule has 0 heterocycles. The van der Waals surface area contributed by atoms with Gasteiger partial charge in [0.2, 0.25) is 0 Å². The number of alkyl halides is 2. The summed E-state index contributed by atoms with van der Waals surface area (Å²) in [5.41, 5.74) is 0.179. The number of carboxylic acid groups (broad SMARTS) is 1. The summed E-state index contributed by atoms with van der Waals surface area (Å²) >= 11 is 0. The number of rotatable bonds is 13. The Hall–Kier alpha value is -2.01. The van der Waals surface area contributed by atoms with E-state index in [0.29, 0.717) is 5.56 Å². The van der Waals surface area contributed by atoms with Crippen LogP contribution in [0.3, 0.4) is 0 Å². The molecule has 1 N–H and O–H groups in total. The minimum absolute atomic E-state index is 0.652. The first-order valence-electron chi connectivity index (χ1n) is 10.6. The van der Waals surface area contributed by atoms with Crippen molar-refractivity contribution in [1.82, 2.24) is 0 Å². The molecule has 0 unspecified atom stereocenters. The molecular weight excluding hydrogens is 374 g/mol. The summed E-state index contributed by atoms with van der Waals surface area (Å²) < 4.78 is 31.4. The number of halogens is 2. The number of aliphatic carboxylic acids is 1. The number of benzene rings is 1. The molecule has 0 atom stereocenters. The summed E-state index contributed by atoms with van der Waals surface area (Å²) in [5, 5.41) is 9.16. The molecule has 0 fully saturated rings. The van der Waals surface area contributed by atoms with E-state index < -0.39 is 24.1 Å². The molecule has 3 nitrogen and oxygen atoms in total. The van der Waals surface area contributed by atoms with Crippen LogP contribution in [0.1, 0.15) is 69.4 Å². The molecule has 0 aliphatic heterocycles. The van der Waals surface area contributed by atoms with E-state index in [-0.39, 0.29) is 0 Å². The molecule has 1 aromatic rings. The van der Waals surface area contributed by atoms with Crippen molar-refractivity contribution < 1.29 is 23.4 Å². The maximum absolute atomic E-state index is 13.2. The van der Waals surface area contributed by atoms with Gasteiger partial charge >= 0.3 is 12.6 Å². The third-order valence-corrected chi connectivity index (χ3v) is 5.41. The average Bonchev–Trinajstić information content (AvgIpc) is 2.70. The number of unbranched alkanes of at least 4 members (excludes halogenated alkanes) is 7. The van der Waals surface area contributed by atoms with Gasteiger partial charge in [-0.05, 0) is 36.1 Å². The molecule has 0 radical (unpaired) electrons. The minimum atomic E-state index is -2.97. The van der Waals surface area contributed by atoms with Crippen LogP contribution in [0.15, 0.2) is 48.6 Å². The highest BCUT2D eigenvalue weighted by Gasteiger charge is 2.36. The molecule has 2 rings (SSSR count). The molecule has 0 bridgehead atoms. The van der Waals surface area contributed by atoms with Crippen LogP contribution in [0, 0.1) is 5.92 Å². The van der Waals surface area contributed by atoms with Crippen LogP contribution < -0.4 is 0 Å². The Morgan fingerprint density at radius 3 is 2.21 bits per heavy atom. The quantitative estimate of drug-likeness (QED) is 0.295. The Balaban J connectivity index is 2.05. The van der Waals surface area contributed by atoms with Crippen LogP contribution in [0.5, 0.6) is 0 Å². The van der Waals surface area contributed by atoms with Gasteiger partial charge < -0.3 is 9.84 Å². The topological polar surface area (TPSA) is 46.5 Å². The zero-order valence-corrected chi connectivity index (χ0v) is 17.2. The van der Waals surface area contributed by atoms with Crippen molar-refractivity contribution in [2.75, 3.05) is 0 Å². The molecule has 0 spiro atoms. The van der Waals surface area contributed by atoms with E-state index in [9.17, 15) is 13.6 Å². The third kappa shape index (κ3) is 7.07. The molecule has 29 heavy (non-hydrogen) atoms. The van der Waals surface area contributed by atoms with Crippen molar-refractivity contribution in [2.24, 2.45) is 5.92 Å². The minimum Gasteiger partial charge on any atom is -0.481 e. The highest BCUT2D eigenvalue weighted by atomic mass is 19.3. The van der Waals surface area contributed by atoms with E-state index >= 15 is 0 Å². The Morgan fingerprint density at radius 2 is 1.62 bits per heavy atom. The fraction of sp³-hybridized carbons (Fsp3) is 0.542. The lowest BCUT2D eigenvalue weighted by Crippen LogP contribution is -2.31. The molecule has 1 aliphatic rings. The van der Waals surface area contributed by atoms with Crippen LogP contribution in [0.25, 0.3) is 0 Å². The molecule has 1 aromatic carbocycles. The summed E-state index contributed by atoms with van der Waals surface area (Å²) in [6.45, 7) is -0.762. The van der Waals surface area contributed by atoms with Crippen LogP contribution in [-0.2, 0) is 21.6 Å². The van der Waals surface area contributed by atoms with Crippen molar-refractivity contribution in [3.63, 3.8) is 0 Å². The van der Waals surface area contributed by atoms with Crippen LogP contribution >= 0.6 is 0 Å². The van der Waals surface area contributed by atoms with Crippen molar-refractivity contribution in [3.8, 4) is 0 Å². The first-order valence-corrected chi connectivity index (χ1v) is 10.6. The van der Waals surface area contributed by atoms with Gasteiger partial charge in [-0.2, -0.15) is 8.78 Å². The Kier molecular flexibility index (Phi) is 9.52. The maximum atomic E-state index is 13.2. The Morgan fingerprint density at radius 1 is 1.03 bits per heavy atom. The van der Waals surface area contributed by atoms with Gasteiger partial charge in [-0.1, -0.05) is 88.3 Å². The lowest BCUT2D eigenvalue weighted by molar-refractivity contribution is -0.180. The lowest BCUT2D eigenvalue weighted by Gasteiger charge is -2.32. The summed E-state index contributed by atoms with van der Waals surface area (Å²) in [6.07, 6.45) is 16.1. The molecule has 0 aromatic heterocycles. The first-order chi connectivity index (χ1) is 14.0. The van der Waals surface area contributed by atoms with Gasteiger partial charge in [0.15, 0.2) is 0 Å². The number of hydrogen-bond acceptors (Lipinski definition) is 2. The summed E-state index contributed by atoms with van der Waals surface area (Å²) in [4.78, 5) is 11.2. The second kappa shape index (κ2) is 11.9. The van der Waals surface area contributed by atoms with Crippen LogP contribution in [0.2, 0.25) is 0 Å². The molecule has 0 saturated carbocycles. The molecule has 1 aliphatic carbocycles. The van der Waals surface area contributed by atoms with E-state index in [0.717, 1.165) is 24.8 Å². The molecule has 160 valence electrons. The largest absolute Gasteiger partial charge is 0.481 e. The van der Waals surface area contributed by atoms with Gasteiger partial charge in [0, 0.05) is 0 Å². The fourth-order valence-electron chi connectivity index (χ4n) is 3.82. The predicted octanol–water partition coefficient (Wildman–Crippen LogP) is 6.63. The highest BCUT2D eigenvalue weighted by Crippen LogP contribution is 2.37. The van der Waals surface area contributed by atoms with Crippen molar-refractivity contribution >= 4 is 5.97 Å². The summed E-state index contributed by atoms with van der Waals surface area (Å²) in [6, 6.07) is 7.43. The summed E-state index contributed by atoms with van der Waals surface area (Å²) in [7, 11) is 0. The van der Waals surface area contributed by atoms with E-state index in [2.05, 4.69) is 6.92 Å². The molecule has 0 amide bonds. The fourth-order valence-corrected chi connectivity index (χ4v) is 3.82.